The molecule has 0 aliphatic carbocycles. The van der Waals surface area contributed by atoms with E-state index in [1.807, 2.05) is 0 Å². The molecule has 0 spiro atoms. The van der Waals surface area contributed by atoms with Crippen molar-refractivity contribution in [1.29, 1.82) is 0 Å². The summed E-state index contributed by atoms with van der Waals surface area (Å²) >= 11 is 5.63. The van der Waals surface area contributed by atoms with Crippen LogP contribution in [0.4, 0.5) is 13.2 Å². The molecule has 90 valence electrons. The lowest BCUT2D eigenvalue weighted by molar-refractivity contribution is -0.274. The lowest BCUT2D eigenvalue weighted by atomic mass is 10.1. The van der Waals surface area contributed by atoms with Crippen molar-refractivity contribution < 1.29 is 23.0 Å². The molecule has 0 heterocycles. The fraction of sp³-hybridized carbons (Fsp3) is 0.400. The van der Waals surface area contributed by atoms with Crippen LogP contribution in [-0.4, -0.2) is 18.1 Å². The first-order chi connectivity index (χ1) is 7.42. The van der Waals surface area contributed by atoms with E-state index in [1.54, 1.807) is 0 Å². The molecule has 1 aromatic carbocycles. The van der Waals surface area contributed by atoms with Crippen molar-refractivity contribution in [3.05, 3.63) is 28.8 Å². The van der Waals surface area contributed by atoms with Gasteiger partial charge in [-0.3, -0.25) is 0 Å². The second kappa shape index (κ2) is 5.41. The van der Waals surface area contributed by atoms with Crippen molar-refractivity contribution in [1.82, 2.24) is 0 Å². The van der Waals surface area contributed by atoms with E-state index in [9.17, 15) is 13.2 Å². The normalized spacial score (nSPS) is 11.6. The van der Waals surface area contributed by atoms with Crippen LogP contribution in [0.3, 0.4) is 0 Å². The molecule has 0 saturated carbocycles. The molecule has 0 aliphatic heterocycles. The van der Waals surface area contributed by atoms with Gasteiger partial charge in [0, 0.05) is 6.61 Å². The van der Waals surface area contributed by atoms with Crippen LogP contribution in [0, 0.1) is 0 Å². The van der Waals surface area contributed by atoms with E-state index in [2.05, 4.69) is 4.74 Å². The van der Waals surface area contributed by atoms with Gasteiger partial charge < -0.3 is 9.84 Å². The lowest BCUT2D eigenvalue weighted by Gasteiger charge is -2.11. The minimum absolute atomic E-state index is 0.0262. The Bertz CT molecular complexity index is 352. The van der Waals surface area contributed by atoms with E-state index in [4.69, 9.17) is 16.7 Å². The molecule has 0 aromatic heterocycles. The number of aliphatic hydroxyl groups is 1. The van der Waals surface area contributed by atoms with Crippen LogP contribution in [0.2, 0.25) is 5.02 Å². The number of halogens is 4. The van der Waals surface area contributed by atoms with Crippen LogP contribution in [0.25, 0.3) is 0 Å². The highest BCUT2D eigenvalue weighted by Gasteiger charge is 2.31. The number of ether oxygens (including phenoxy) is 1. The molecule has 0 atom stereocenters. The Hall–Kier alpha value is -0.940. The van der Waals surface area contributed by atoms with Crippen molar-refractivity contribution in [2.75, 3.05) is 6.61 Å². The van der Waals surface area contributed by atoms with E-state index in [0.29, 0.717) is 12.8 Å². The average molecular weight is 255 g/mol. The Labute approximate surface area is 95.6 Å². The highest BCUT2D eigenvalue weighted by Crippen LogP contribution is 2.30. The number of aliphatic hydroxyl groups excluding tert-OH is 1. The zero-order chi connectivity index (χ0) is 12.2. The van der Waals surface area contributed by atoms with Crippen LogP contribution in [0.1, 0.15) is 12.0 Å². The third-order valence-corrected chi connectivity index (χ3v) is 2.14. The molecule has 0 unspecified atom stereocenters. The van der Waals surface area contributed by atoms with Crippen LogP contribution >= 0.6 is 11.6 Å². The van der Waals surface area contributed by atoms with Crippen LogP contribution in [0.5, 0.6) is 5.75 Å². The molecule has 1 aromatic rings. The summed E-state index contributed by atoms with van der Waals surface area (Å²) < 4.78 is 39.4. The van der Waals surface area contributed by atoms with Crippen molar-refractivity contribution in [3.8, 4) is 5.75 Å². The number of rotatable bonds is 4. The molecule has 0 aliphatic rings. The smallest absolute Gasteiger partial charge is 0.404 e. The van der Waals surface area contributed by atoms with Gasteiger partial charge in [0.1, 0.15) is 5.75 Å². The Balaban J connectivity index is 2.75. The summed E-state index contributed by atoms with van der Waals surface area (Å²) in [4.78, 5) is 0. The number of hydrogen-bond donors (Lipinski definition) is 1. The Morgan fingerprint density at radius 3 is 2.50 bits per heavy atom. The fourth-order valence-corrected chi connectivity index (χ4v) is 1.43. The van der Waals surface area contributed by atoms with Gasteiger partial charge in [0.2, 0.25) is 0 Å². The lowest BCUT2D eigenvalue weighted by Crippen LogP contribution is -2.17. The molecule has 1 rings (SSSR count). The third kappa shape index (κ3) is 4.28. The van der Waals surface area contributed by atoms with Crippen LogP contribution < -0.4 is 4.74 Å². The zero-order valence-electron chi connectivity index (χ0n) is 8.22. The highest BCUT2D eigenvalue weighted by molar-refractivity contribution is 6.32. The van der Waals surface area contributed by atoms with Crippen molar-refractivity contribution in [2.45, 2.75) is 19.2 Å². The van der Waals surface area contributed by atoms with Crippen LogP contribution in [-0.2, 0) is 6.42 Å². The molecule has 0 saturated heterocycles. The van der Waals surface area contributed by atoms with E-state index >= 15 is 0 Å². The Kier molecular flexibility index (Phi) is 4.44. The number of alkyl halides is 3. The summed E-state index contributed by atoms with van der Waals surface area (Å²) in [5.74, 6) is -0.415. The molecule has 6 heteroatoms. The maximum Gasteiger partial charge on any atom is 0.573 e. The third-order valence-electron chi connectivity index (χ3n) is 1.85. The molecule has 0 amide bonds. The molecule has 16 heavy (non-hydrogen) atoms. The summed E-state index contributed by atoms with van der Waals surface area (Å²) in [5.41, 5.74) is 0.758. The van der Waals surface area contributed by atoms with Crippen molar-refractivity contribution >= 4 is 11.6 Å². The molecule has 0 bridgehead atoms. The highest BCUT2D eigenvalue weighted by atomic mass is 35.5. The van der Waals surface area contributed by atoms with Crippen molar-refractivity contribution in [3.63, 3.8) is 0 Å². The van der Waals surface area contributed by atoms with Gasteiger partial charge >= 0.3 is 6.36 Å². The Morgan fingerprint density at radius 1 is 1.31 bits per heavy atom. The second-order valence-electron chi connectivity index (χ2n) is 3.14. The van der Waals surface area contributed by atoms with Gasteiger partial charge in [-0.25, -0.2) is 0 Å². The maximum absolute atomic E-state index is 11.9. The number of hydrogen-bond acceptors (Lipinski definition) is 2. The largest absolute Gasteiger partial charge is 0.573 e. The summed E-state index contributed by atoms with van der Waals surface area (Å²) in [7, 11) is 0. The molecular weight excluding hydrogens is 245 g/mol. The minimum atomic E-state index is -4.74. The van der Waals surface area contributed by atoms with Crippen molar-refractivity contribution in [2.24, 2.45) is 0 Å². The van der Waals surface area contributed by atoms with E-state index < -0.39 is 12.1 Å². The van der Waals surface area contributed by atoms with Gasteiger partial charge in [-0.05, 0) is 30.5 Å². The molecule has 0 radical (unpaired) electrons. The summed E-state index contributed by atoms with van der Waals surface area (Å²) in [6.45, 7) is 0.0262. The quantitative estimate of drug-likeness (QED) is 0.894. The standard InChI is InChI=1S/C10H10ClF3O2/c11-8-6-7(2-1-5-15)3-4-9(8)16-10(12,13)14/h3-4,6,15H,1-2,5H2. The Morgan fingerprint density at radius 2 is 2.00 bits per heavy atom. The van der Waals surface area contributed by atoms with Gasteiger partial charge in [0.05, 0.1) is 5.02 Å². The van der Waals surface area contributed by atoms with Gasteiger partial charge in [0.15, 0.2) is 0 Å². The van der Waals surface area contributed by atoms with Gasteiger partial charge in [-0.2, -0.15) is 0 Å². The first kappa shape index (κ1) is 13.1. The summed E-state index contributed by atoms with van der Waals surface area (Å²) in [6, 6.07) is 4.06. The zero-order valence-corrected chi connectivity index (χ0v) is 8.98. The molecule has 2 nitrogen and oxygen atoms in total. The van der Waals surface area contributed by atoms with E-state index in [0.717, 1.165) is 5.56 Å². The van der Waals surface area contributed by atoms with Gasteiger partial charge in [-0.15, -0.1) is 13.2 Å². The van der Waals surface area contributed by atoms with Gasteiger partial charge in [0.25, 0.3) is 0 Å². The monoisotopic (exact) mass is 254 g/mol. The number of aryl methyl sites for hydroxylation is 1. The molecule has 1 N–H and O–H groups in total. The fourth-order valence-electron chi connectivity index (χ4n) is 1.19. The van der Waals surface area contributed by atoms with Crippen LogP contribution in [0.15, 0.2) is 18.2 Å². The van der Waals surface area contributed by atoms with E-state index in [-0.39, 0.29) is 11.6 Å². The summed E-state index contributed by atoms with van der Waals surface area (Å²) in [6.07, 6.45) is -3.64. The molecule has 0 fully saturated rings. The predicted octanol–water partition coefficient (Wildman–Crippen LogP) is 3.16. The maximum atomic E-state index is 11.9. The second-order valence-corrected chi connectivity index (χ2v) is 3.55. The minimum Gasteiger partial charge on any atom is -0.404 e. The van der Waals surface area contributed by atoms with Gasteiger partial charge in [-0.1, -0.05) is 17.7 Å². The molecular formula is C10H10ClF3O2. The van der Waals surface area contributed by atoms with E-state index in [1.165, 1.54) is 18.2 Å². The number of benzene rings is 1. The topological polar surface area (TPSA) is 29.5 Å². The first-order valence-corrected chi connectivity index (χ1v) is 4.95. The first-order valence-electron chi connectivity index (χ1n) is 4.57. The predicted molar refractivity (Wildman–Crippen MR) is 53.5 cm³/mol. The summed E-state index contributed by atoms with van der Waals surface area (Å²) in [5, 5.41) is 8.51. The average Bonchev–Trinajstić information content (AvgIpc) is 2.17. The SMILES string of the molecule is OCCCc1ccc(OC(F)(F)F)c(Cl)c1.